The van der Waals surface area contributed by atoms with Gasteiger partial charge < -0.3 is 0 Å². The van der Waals surface area contributed by atoms with Gasteiger partial charge >= 0.3 is 0 Å². The van der Waals surface area contributed by atoms with Gasteiger partial charge in [0, 0.05) is 16.0 Å². The highest BCUT2D eigenvalue weighted by Crippen LogP contribution is 2.40. The first-order chi connectivity index (χ1) is 11.2. The molecule has 4 heteroatoms. The Kier molecular flexibility index (Phi) is 4.12. The molecular formula is C19H20N2S2. The van der Waals surface area contributed by atoms with Crippen molar-refractivity contribution in [2.75, 3.05) is 0 Å². The quantitative estimate of drug-likeness (QED) is 0.470. The van der Waals surface area contributed by atoms with Crippen LogP contribution in [0.3, 0.4) is 0 Å². The molecule has 0 N–H and O–H groups in total. The van der Waals surface area contributed by atoms with E-state index in [9.17, 15) is 0 Å². The lowest BCUT2D eigenvalue weighted by Crippen LogP contribution is -2.08. The zero-order valence-electron chi connectivity index (χ0n) is 13.5. The normalized spacial score (nSPS) is 17.4. The maximum Gasteiger partial charge on any atom is 0.128 e. The van der Waals surface area contributed by atoms with E-state index in [0.717, 1.165) is 16.7 Å². The topological polar surface area (TPSA) is 25.8 Å². The molecule has 1 aromatic carbocycles. The summed E-state index contributed by atoms with van der Waals surface area (Å²) in [5.74, 6) is 1.76. The van der Waals surface area contributed by atoms with E-state index in [-0.39, 0.29) is 0 Å². The Labute approximate surface area is 145 Å². The average molecular weight is 341 g/mol. The van der Waals surface area contributed by atoms with Gasteiger partial charge in [-0.05, 0) is 43.2 Å². The van der Waals surface area contributed by atoms with E-state index in [2.05, 4.69) is 48.1 Å². The second-order valence-electron chi connectivity index (χ2n) is 6.49. The van der Waals surface area contributed by atoms with Crippen LogP contribution in [0, 0.1) is 12.8 Å². The van der Waals surface area contributed by atoms with Gasteiger partial charge in [-0.15, -0.1) is 23.1 Å². The van der Waals surface area contributed by atoms with Crippen molar-refractivity contribution in [1.29, 1.82) is 0 Å². The SMILES string of the molecule is Cc1ccc(CSc2ncnc3sc4c(c23)CC[C@@H](C)C4)cc1. The Balaban J connectivity index is 1.66. The van der Waals surface area contributed by atoms with Crippen molar-refractivity contribution in [1.82, 2.24) is 9.97 Å². The van der Waals surface area contributed by atoms with Crippen molar-refractivity contribution in [3.63, 3.8) is 0 Å². The first-order valence-corrected chi connectivity index (χ1v) is 9.94. The van der Waals surface area contributed by atoms with E-state index in [1.807, 2.05) is 23.1 Å². The molecule has 0 fully saturated rings. The van der Waals surface area contributed by atoms with Gasteiger partial charge in [0.1, 0.15) is 16.2 Å². The van der Waals surface area contributed by atoms with Crippen molar-refractivity contribution in [3.05, 3.63) is 52.2 Å². The molecule has 1 atom stereocenters. The molecule has 1 aliphatic carbocycles. The Morgan fingerprint density at radius 1 is 1.22 bits per heavy atom. The second kappa shape index (κ2) is 6.25. The molecule has 2 heterocycles. The van der Waals surface area contributed by atoms with Gasteiger partial charge in [0.05, 0.1) is 0 Å². The highest BCUT2D eigenvalue weighted by atomic mass is 32.2. The Bertz CT molecular complexity index is 836. The molecule has 0 spiro atoms. The monoisotopic (exact) mass is 340 g/mol. The van der Waals surface area contributed by atoms with Crippen LogP contribution < -0.4 is 0 Å². The summed E-state index contributed by atoms with van der Waals surface area (Å²) in [7, 11) is 0. The summed E-state index contributed by atoms with van der Waals surface area (Å²) in [5.41, 5.74) is 4.18. The van der Waals surface area contributed by atoms with Crippen molar-refractivity contribution in [3.8, 4) is 0 Å². The molecule has 4 rings (SSSR count). The molecule has 0 bridgehead atoms. The van der Waals surface area contributed by atoms with Gasteiger partial charge in [-0.25, -0.2) is 9.97 Å². The summed E-state index contributed by atoms with van der Waals surface area (Å²) in [4.78, 5) is 11.8. The molecular weight excluding hydrogens is 320 g/mol. The number of aryl methyl sites for hydroxylation is 2. The lowest BCUT2D eigenvalue weighted by Gasteiger charge is -2.18. The number of rotatable bonds is 3. The van der Waals surface area contributed by atoms with Crippen molar-refractivity contribution in [2.24, 2.45) is 5.92 Å². The summed E-state index contributed by atoms with van der Waals surface area (Å²) < 4.78 is 0. The second-order valence-corrected chi connectivity index (χ2v) is 8.53. The lowest BCUT2D eigenvalue weighted by molar-refractivity contribution is 0.509. The van der Waals surface area contributed by atoms with Crippen LogP contribution in [-0.2, 0) is 18.6 Å². The fraction of sp³-hybridized carbons (Fsp3) is 0.368. The van der Waals surface area contributed by atoms with Crippen LogP contribution in [0.4, 0.5) is 0 Å². The minimum Gasteiger partial charge on any atom is -0.229 e. The van der Waals surface area contributed by atoms with E-state index in [0.29, 0.717) is 0 Å². The van der Waals surface area contributed by atoms with Crippen molar-refractivity contribution in [2.45, 2.75) is 43.9 Å². The molecule has 2 nitrogen and oxygen atoms in total. The highest BCUT2D eigenvalue weighted by molar-refractivity contribution is 7.98. The largest absolute Gasteiger partial charge is 0.229 e. The molecule has 0 radical (unpaired) electrons. The van der Waals surface area contributed by atoms with Gasteiger partial charge in [-0.1, -0.05) is 36.8 Å². The minimum absolute atomic E-state index is 0.798. The van der Waals surface area contributed by atoms with Crippen LogP contribution in [0.1, 0.15) is 34.9 Å². The molecule has 2 aromatic heterocycles. The predicted octanol–water partition coefficient (Wildman–Crippen LogP) is 5.42. The number of fused-ring (bicyclic) bond motifs is 3. The van der Waals surface area contributed by atoms with Gasteiger partial charge in [-0.3, -0.25) is 0 Å². The molecule has 0 amide bonds. The standard InChI is InChI=1S/C19H20N2S2/c1-12-3-6-14(7-4-12)10-22-18-17-15-8-5-13(2)9-16(15)23-19(17)21-11-20-18/h3-4,6-7,11,13H,5,8-10H2,1-2H3/t13-/m1/s1. The van der Waals surface area contributed by atoms with E-state index >= 15 is 0 Å². The fourth-order valence-electron chi connectivity index (χ4n) is 3.19. The lowest BCUT2D eigenvalue weighted by atomic mass is 9.89. The predicted molar refractivity (Wildman–Crippen MR) is 99.3 cm³/mol. The minimum atomic E-state index is 0.798. The molecule has 1 aliphatic rings. The number of nitrogens with zero attached hydrogens (tertiary/aromatic N) is 2. The molecule has 0 aliphatic heterocycles. The number of thioether (sulfide) groups is 1. The smallest absolute Gasteiger partial charge is 0.128 e. The molecule has 0 saturated carbocycles. The van der Waals surface area contributed by atoms with E-state index in [4.69, 9.17) is 0 Å². The van der Waals surface area contributed by atoms with Crippen LogP contribution in [0.25, 0.3) is 10.2 Å². The van der Waals surface area contributed by atoms with E-state index in [1.165, 1.54) is 51.0 Å². The van der Waals surface area contributed by atoms with E-state index in [1.54, 1.807) is 6.33 Å². The summed E-state index contributed by atoms with van der Waals surface area (Å²) in [5, 5.41) is 2.49. The maximum atomic E-state index is 4.60. The van der Waals surface area contributed by atoms with Crippen LogP contribution in [-0.4, -0.2) is 9.97 Å². The van der Waals surface area contributed by atoms with Crippen molar-refractivity contribution < 1.29 is 0 Å². The Morgan fingerprint density at radius 2 is 2.04 bits per heavy atom. The zero-order chi connectivity index (χ0) is 15.8. The van der Waals surface area contributed by atoms with Gasteiger partial charge in [0.2, 0.25) is 0 Å². The molecule has 0 saturated heterocycles. The van der Waals surface area contributed by atoms with Gasteiger partial charge in [0.15, 0.2) is 0 Å². The number of hydrogen-bond acceptors (Lipinski definition) is 4. The number of thiophene rings is 1. The van der Waals surface area contributed by atoms with E-state index < -0.39 is 0 Å². The molecule has 0 unspecified atom stereocenters. The van der Waals surface area contributed by atoms with Gasteiger partial charge in [-0.2, -0.15) is 0 Å². The fourth-order valence-corrected chi connectivity index (χ4v) is 5.59. The highest BCUT2D eigenvalue weighted by Gasteiger charge is 2.23. The Hall–Kier alpha value is -1.39. The molecule has 118 valence electrons. The zero-order valence-corrected chi connectivity index (χ0v) is 15.1. The molecule has 3 aromatic rings. The summed E-state index contributed by atoms with van der Waals surface area (Å²) >= 11 is 3.72. The third-order valence-corrected chi connectivity index (χ3v) is 6.78. The third-order valence-electron chi connectivity index (χ3n) is 4.55. The summed E-state index contributed by atoms with van der Waals surface area (Å²) in [6.45, 7) is 4.48. The van der Waals surface area contributed by atoms with Crippen molar-refractivity contribution >= 4 is 33.3 Å². The number of benzene rings is 1. The average Bonchev–Trinajstić information content (AvgIpc) is 2.92. The Morgan fingerprint density at radius 3 is 2.87 bits per heavy atom. The van der Waals surface area contributed by atoms with Gasteiger partial charge in [0.25, 0.3) is 0 Å². The molecule has 23 heavy (non-hydrogen) atoms. The first kappa shape index (κ1) is 15.2. The number of aromatic nitrogens is 2. The summed E-state index contributed by atoms with van der Waals surface area (Å²) in [6, 6.07) is 8.79. The third kappa shape index (κ3) is 3.02. The maximum absolute atomic E-state index is 4.60. The van der Waals surface area contributed by atoms with Crippen LogP contribution in [0.2, 0.25) is 0 Å². The van der Waals surface area contributed by atoms with Crippen LogP contribution >= 0.6 is 23.1 Å². The van der Waals surface area contributed by atoms with Crippen LogP contribution in [0.5, 0.6) is 0 Å². The first-order valence-electron chi connectivity index (χ1n) is 8.14. The number of hydrogen-bond donors (Lipinski definition) is 0. The van der Waals surface area contributed by atoms with Crippen LogP contribution in [0.15, 0.2) is 35.6 Å². The summed E-state index contributed by atoms with van der Waals surface area (Å²) in [6.07, 6.45) is 5.40.